The Kier molecular flexibility index (Phi) is 2.40. The molecule has 0 bridgehead atoms. The third-order valence-corrected chi connectivity index (χ3v) is 3.01. The molecule has 17 heavy (non-hydrogen) atoms. The first-order valence-electron chi connectivity index (χ1n) is 5.70. The highest BCUT2D eigenvalue weighted by Gasteiger charge is 2.31. The average molecular weight is 232 g/mol. The first-order chi connectivity index (χ1) is 8.29. The highest BCUT2D eigenvalue weighted by Crippen LogP contribution is 2.41. The predicted octanol–water partition coefficient (Wildman–Crippen LogP) is 1.74. The standard InChI is InChI=1S/C12H13FN4/c13-9-3-5-10(6-4-9)17-12(8-1-2-8)11(7-14)15-16-17/h3-6,8H,1-2,7,14H2. The summed E-state index contributed by atoms with van der Waals surface area (Å²) in [6.07, 6.45) is 2.31. The van der Waals surface area contributed by atoms with E-state index in [1.807, 2.05) is 0 Å². The van der Waals surface area contributed by atoms with Crippen LogP contribution >= 0.6 is 0 Å². The van der Waals surface area contributed by atoms with Crippen molar-refractivity contribution in [2.24, 2.45) is 5.73 Å². The van der Waals surface area contributed by atoms with E-state index in [4.69, 9.17) is 5.73 Å². The molecule has 0 amide bonds. The minimum Gasteiger partial charge on any atom is -0.325 e. The molecule has 3 rings (SSSR count). The molecule has 0 saturated heterocycles. The number of hydrogen-bond donors (Lipinski definition) is 1. The Bertz CT molecular complexity index is 528. The fraction of sp³-hybridized carbons (Fsp3) is 0.333. The minimum atomic E-state index is -0.249. The van der Waals surface area contributed by atoms with Crippen LogP contribution in [0.4, 0.5) is 4.39 Å². The lowest BCUT2D eigenvalue weighted by Crippen LogP contribution is -2.05. The summed E-state index contributed by atoms with van der Waals surface area (Å²) in [7, 11) is 0. The molecule has 0 aliphatic heterocycles. The van der Waals surface area contributed by atoms with Crippen LogP contribution in [0.25, 0.3) is 5.69 Å². The summed E-state index contributed by atoms with van der Waals surface area (Å²) in [5.41, 5.74) is 8.42. The van der Waals surface area contributed by atoms with E-state index in [1.54, 1.807) is 16.8 Å². The number of benzene rings is 1. The molecule has 1 fully saturated rings. The lowest BCUT2D eigenvalue weighted by atomic mass is 10.2. The number of rotatable bonds is 3. The number of hydrogen-bond acceptors (Lipinski definition) is 3. The van der Waals surface area contributed by atoms with Crippen molar-refractivity contribution < 1.29 is 4.39 Å². The van der Waals surface area contributed by atoms with Crippen molar-refractivity contribution in [1.29, 1.82) is 0 Å². The van der Waals surface area contributed by atoms with E-state index in [0.717, 1.165) is 29.9 Å². The highest BCUT2D eigenvalue weighted by atomic mass is 19.1. The Balaban J connectivity index is 2.07. The van der Waals surface area contributed by atoms with Crippen molar-refractivity contribution in [2.75, 3.05) is 0 Å². The summed E-state index contributed by atoms with van der Waals surface area (Å²) in [6, 6.07) is 6.26. The Morgan fingerprint density at radius 2 is 2.00 bits per heavy atom. The zero-order valence-corrected chi connectivity index (χ0v) is 9.31. The van der Waals surface area contributed by atoms with E-state index in [0.29, 0.717) is 12.5 Å². The molecule has 1 aliphatic rings. The highest BCUT2D eigenvalue weighted by molar-refractivity contribution is 5.36. The van der Waals surface area contributed by atoms with Gasteiger partial charge in [-0.05, 0) is 37.1 Å². The van der Waals surface area contributed by atoms with Gasteiger partial charge >= 0.3 is 0 Å². The zero-order valence-electron chi connectivity index (χ0n) is 9.31. The summed E-state index contributed by atoms with van der Waals surface area (Å²) >= 11 is 0. The van der Waals surface area contributed by atoms with Gasteiger partial charge in [0.15, 0.2) is 0 Å². The van der Waals surface area contributed by atoms with Crippen molar-refractivity contribution in [1.82, 2.24) is 15.0 Å². The largest absolute Gasteiger partial charge is 0.325 e. The molecular weight excluding hydrogens is 219 g/mol. The van der Waals surface area contributed by atoms with Gasteiger partial charge in [-0.2, -0.15) is 0 Å². The molecular formula is C12H13FN4. The predicted molar refractivity (Wildman–Crippen MR) is 61.2 cm³/mol. The number of nitrogens with two attached hydrogens (primary N) is 1. The number of nitrogens with zero attached hydrogens (tertiary/aromatic N) is 3. The van der Waals surface area contributed by atoms with E-state index in [-0.39, 0.29) is 5.82 Å². The van der Waals surface area contributed by atoms with Crippen molar-refractivity contribution in [3.63, 3.8) is 0 Å². The normalized spacial score (nSPS) is 15.2. The molecule has 4 nitrogen and oxygen atoms in total. The number of aromatic nitrogens is 3. The van der Waals surface area contributed by atoms with Crippen LogP contribution in [0.3, 0.4) is 0 Å². The van der Waals surface area contributed by atoms with Crippen LogP contribution in [-0.4, -0.2) is 15.0 Å². The van der Waals surface area contributed by atoms with E-state index < -0.39 is 0 Å². The maximum absolute atomic E-state index is 12.9. The second-order valence-electron chi connectivity index (χ2n) is 4.29. The monoisotopic (exact) mass is 232 g/mol. The third-order valence-electron chi connectivity index (χ3n) is 3.01. The second-order valence-corrected chi connectivity index (χ2v) is 4.29. The maximum Gasteiger partial charge on any atom is 0.123 e. The molecule has 1 aromatic carbocycles. The van der Waals surface area contributed by atoms with Gasteiger partial charge in [-0.1, -0.05) is 5.21 Å². The van der Waals surface area contributed by atoms with Crippen molar-refractivity contribution in [3.05, 3.63) is 41.5 Å². The Morgan fingerprint density at radius 1 is 1.29 bits per heavy atom. The lowest BCUT2D eigenvalue weighted by molar-refractivity contribution is 0.626. The molecule has 2 N–H and O–H groups in total. The molecule has 1 saturated carbocycles. The summed E-state index contributed by atoms with van der Waals surface area (Å²) in [5.74, 6) is 0.259. The van der Waals surface area contributed by atoms with Gasteiger partial charge in [0.05, 0.1) is 11.4 Å². The quantitative estimate of drug-likeness (QED) is 0.877. The van der Waals surface area contributed by atoms with Crippen LogP contribution in [0.1, 0.15) is 30.1 Å². The van der Waals surface area contributed by atoms with E-state index >= 15 is 0 Å². The zero-order chi connectivity index (χ0) is 11.8. The minimum absolute atomic E-state index is 0.249. The summed E-state index contributed by atoms with van der Waals surface area (Å²) in [6.45, 7) is 0.396. The Labute approximate surface area is 98.2 Å². The fourth-order valence-corrected chi connectivity index (χ4v) is 2.00. The molecule has 2 aromatic rings. The molecule has 0 unspecified atom stereocenters. The van der Waals surface area contributed by atoms with Crippen molar-refractivity contribution >= 4 is 0 Å². The molecule has 1 aromatic heterocycles. The van der Waals surface area contributed by atoms with Gasteiger partial charge in [-0.25, -0.2) is 9.07 Å². The Hall–Kier alpha value is -1.75. The van der Waals surface area contributed by atoms with E-state index in [2.05, 4.69) is 10.3 Å². The first kappa shape index (κ1) is 10.4. The molecule has 0 spiro atoms. The molecule has 0 atom stereocenters. The van der Waals surface area contributed by atoms with Gasteiger partial charge in [-0.15, -0.1) is 5.10 Å². The summed E-state index contributed by atoms with van der Waals surface area (Å²) < 4.78 is 14.7. The summed E-state index contributed by atoms with van der Waals surface area (Å²) in [5, 5.41) is 8.20. The average Bonchev–Trinajstić information content (AvgIpc) is 3.10. The molecule has 1 aliphatic carbocycles. The fourth-order valence-electron chi connectivity index (χ4n) is 2.00. The van der Waals surface area contributed by atoms with Gasteiger partial charge in [-0.3, -0.25) is 0 Å². The maximum atomic E-state index is 12.9. The second kappa shape index (κ2) is 3.92. The van der Waals surface area contributed by atoms with E-state index in [1.165, 1.54) is 12.1 Å². The molecule has 0 radical (unpaired) electrons. The van der Waals surface area contributed by atoms with Gasteiger partial charge in [0.2, 0.25) is 0 Å². The topological polar surface area (TPSA) is 56.7 Å². The van der Waals surface area contributed by atoms with Crippen LogP contribution in [0.2, 0.25) is 0 Å². The Morgan fingerprint density at radius 3 is 2.59 bits per heavy atom. The van der Waals surface area contributed by atoms with Crippen LogP contribution in [0.15, 0.2) is 24.3 Å². The SMILES string of the molecule is NCc1nnn(-c2ccc(F)cc2)c1C1CC1. The van der Waals surface area contributed by atoms with Crippen molar-refractivity contribution in [2.45, 2.75) is 25.3 Å². The van der Waals surface area contributed by atoms with Gasteiger partial charge in [0.1, 0.15) is 11.5 Å². The van der Waals surface area contributed by atoms with Crippen LogP contribution in [0, 0.1) is 5.82 Å². The van der Waals surface area contributed by atoms with Crippen LogP contribution in [-0.2, 0) is 6.54 Å². The van der Waals surface area contributed by atoms with Crippen LogP contribution < -0.4 is 5.73 Å². The molecule has 1 heterocycles. The molecule has 88 valence electrons. The first-order valence-corrected chi connectivity index (χ1v) is 5.70. The van der Waals surface area contributed by atoms with Gasteiger partial charge in [0.25, 0.3) is 0 Å². The van der Waals surface area contributed by atoms with E-state index in [9.17, 15) is 4.39 Å². The lowest BCUT2D eigenvalue weighted by Gasteiger charge is -2.06. The number of halogens is 1. The van der Waals surface area contributed by atoms with Crippen LogP contribution in [0.5, 0.6) is 0 Å². The van der Waals surface area contributed by atoms with Gasteiger partial charge in [0, 0.05) is 12.5 Å². The smallest absolute Gasteiger partial charge is 0.123 e. The summed E-state index contributed by atoms with van der Waals surface area (Å²) in [4.78, 5) is 0. The molecule has 5 heteroatoms. The van der Waals surface area contributed by atoms with Crippen molar-refractivity contribution in [3.8, 4) is 5.69 Å². The van der Waals surface area contributed by atoms with Gasteiger partial charge < -0.3 is 5.73 Å². The third kappa shape index (κ3) is 1.82.